The van der Waals surface area contributed by atoms with Gasteiger partial charge < -0.3 is 9.32 Å². The third-order valence-corrected chi connectivity index (χ3v) is 19.2. The molecule has 0 saturated heterocycles. The van der Waals surface area contributed by atoms with Crippen LogP contribution in [0.2, 0.25) is 0 Å². The highest BCUT2D eigenvalue weighted by Crippen LogP contribution is 2.94. The van der Waals surface area contributed by atoms with Gasteiger partial charge in [-0.05, 0) is 170 Å². The summed E-state index contributed by atoms with van der Waals surface area (Å²) in [4.78, 5) is 2.49. The molecule has 332 valence electrons. The van der Waals surface area contributed by atoms with E-state index in [0.29, 0.717) is 11.3 Å². The molecule has 2 spiro atoms. The molecule has 6 aliphatic rings. The molecule has 2 heteroatoms. The van der Waals surface area contributed by atoms with Crippen LogP contribution in [-0.4, -0.2) is 0 Å². The van der Waals surface area contributed by atoms with E-state index in [2.05, 4.69) is 199 Å². The Hall–Kier alpha value is -7.16. The quantitative estimate of drug-likeness (QED) is 0.159. The van der Waals surface area contributed by atoms with E-state index in [-0.39, 0.29) is 5.41 Å². The Bertz CT molecular complexity index is 3710. The number of anilines is 3. The van der Waals surface area contributed by atoms with Crippen LogP contribution in [0.25, 0.3) is 77.2 Å². The van der Waals surface area contributed by atoms with Crippen molar-refractivity contribution in [2.75, 3.05) is 4.90 Å². The van der Waals surface area contributed by atoms with Crippen molar-refractivity contribution in [3.05, 3.63) is 211 Å². The van der Waals surface area contributed by atoms with Crippen LogP contribution >= 0.6 is 0 Å². The average molecular weight is 888 g/mol. The monoisotopic (exact) mass is 887 g/mol. The van der Waals surface area contributed by atoms with E-state index in [1.807, 2.05) is 0 Å². The number of benzene rings is 9. The number of hydrogen-bond acceptors (Lipinski definition) is 2. The lowest BCUT2D eigenvalue weighted by Gasteiger charge is -2.92. The molecule has 5 saturated carbocycles. The van der Waals surface area contributed by atoms with Crippen molar-refractivity contribution in [2.45, 2.75) is 62.7 Å². The number of furan rings is 1. The molecule has 6 aliphatic carbocycles. The lowest BCUT2D eigenvalue weighted by atomic mass is 9.11. The molecular weight excluding hydrogens is 835 g/mol. The number of rotatable bonds is 7. The number of hydrogen-bond donors (Lipinski definition) is 0. The second-order valence-corrected chi connectivity index (χ2v) is 21.7. The van der Waals surface area contributed by atoms with E-state index in [4.69, 9.17) is 4.42 Å². The maximum absolute atomic E-state index is 6.54. The number of fused-ring (bicyclic) bond motifs is 11. The van der Waals surface area contributed by atoms with Crippen molar-refractivity contribution in [3.8, 4) is 44.5 Å². The lowest BCUT2D eigenvalue weighted by molar-refractivity contribution is -0.412. The van der Waals surface area contributed by atoms with Crippen LogP contribution in [0.5, 0.6) is 0 Å². The maximum Gasteiger partial charge on any atom is 0.143 e. The van der Waals surface area contributed by atoms with Gasteiger partial charge in [-0.1, -0.05) is 171 Å². The van der Waals surface area contributed by atoms with E-state index in [1.165, 1.54) is 107 Å². The summed E-state index contributed by atoms with van der Waals surface area (Å²) in [6.07, 6.45) is 10.9. The minimum Gasteiger partial charge on any atom is -0.455 e. The van der Waals surface area contributed by atoms with Gasteiger partial charge in [0.05, 0.1) is 5.69 Å². The Morgan fingerprint density at radius 2 is 1.07 bits per heavy atom. The summed E-state index contributed by atoms with van der Waals surface area (Å²) >= 11 is 0. The van der Waals surface area contributed by atoms with Crippen molar-refractivity contribution in [1.82, 2.24) is 0 Å². The van der Waals surface area contributed by atoms with Gasteiger partial charge in [0.2, 0.25) is 0 Å². The summed E-state index contributed by atoms with van der Waals surface area (Å²) in [5.41, 5.74) is 21.3. The summed E-state index contributed by atoms with van der Waals surface area (Å²) in [5, 5.41) is 5.03. The molecule has 10 aromatic rings. The van der Waals surface area contributed by atoms with Gasteiger partial charge in [-0.25, -0.2) is 0 Å². The summed E-state index contributed by atoms with van der Waals surface area (Å²) in [7, 11) is 0. The maximum atomic E-state index is 6.54. The fourth-order valence-electron chi connectivity index (χ4n) is 16.4. The van der Waals surface area contributed by atoms with Gasteiger partial charge in [-0.3, -0.25) is 0 Å². The smallest absolute Gasteiger partial charge is 0.143 e. The zero-order valence-electron chi connectivity index (χ0n) is 38.9. The van der Waals surface area contributed by atoms with Crippen LogP contribution in [0, 0.1) is 29.1 Å². The Labute approximate surface area is 404 Å². The molecular formula is C67H53NO. The van der Waals surface area contributed by atoms with Gasteiger partial charge in [0.1, 0.15) is 11.2 Å². The molecule has 2 nitrogen and oxygen atoms in total. The minimum absolute atomic E-state index is 0.205. The summed E-state index contributed by atoms with van der Waals surface area (Å²) < 4.78 is 6.54. The first-order valence-corrected chi connectivity index (χ1v) is 26.0. The zero-order valence-corrected chi connectivity index (χ0v) is 38.9. The topological polar surface area (TPSA) is 16.4 Å². The van der Waals surface area contributed by atoms with Crippen molar-refractivity contribution < 1.29 is 4.42 Å². The Balaban J connectivity index is 0.828. The van der Waals surface area contributed by atoms with E-state index in [1.54, 1.807) is 11.1 Å². The first-order chi connectivity index (χ1) is 34.2. The Kier molecular flexibility index (Phi) is 7.98. The first kappa shape index (κ1) is 38.8. The highest BCUT2D eigenvalue weighted by Gasteiger charge is 2.90. The molecule has 0 amide bonds. The Morgan fingerprint density at radius 1 is 0.449 bits per heavy atom. The van der Waals surface area contributed by atoms with Crippen LogP contribution < -0.4 is 4.90 Å². The predicted molar refractivity (Wildman–Crippen MR) is 285 cm³/mol. The van der Waals surface area contributed by atoms with Gasteiger partial charge in [0, 0.05) is 38.7 Å². The summed E-state index contributed by atoms with van der Waals surface area (Å²) in [6, 6.07) is 73.6. The third kappa shape index (κ3) is 5.02. The average Bonchev–Trinajstić information content (AvgIpc) is 3.92. The largest absolute Gasteiger partial charge is 0.455 e. The van der Waals surface area contributed by atoms with E-state index in [0.717, 1.165) is 68.1 Å². The lowest BCUT2D eigenvalue weighted by Crippen LogP contribution is -2.88. The van der Waals surface area contributed by atoms with Crippen molar-refractivity contribution in [2.24, 2.45) is 29.1 Å². The highest BCUT2D eigenvalue weighted by atomic mass is 16.3. The molecule has 5 fully saturated rings. The van der Waals surface area contributed by atoms with Crippen molar-refractivity contribution >= 4 is 49.8 Å². The second-order valence-electron chi connectivity index (χ2n) is 21.7. The molecule has 0 N–H and O–H groups in total. The zero-order chi connectivity index (χ0) is 45.0. The van der Waals surface area contributed by atoms with Crippen LogP contribution in [-0.2, 0) is 5.41 Å². The van der Waals surface area contributed by atoms with Gasteiger partial charge >= 0.3 is 0 Å². The van der Waals surface area contributed by atoms with Crippen LogP contribution in [0.4, 0.5) is 17.1 Å². The van der Waals surface area contributed by atoms with Crippen molar-refractivity contribution in [1.29, 1.82) is 0 Å². The number of para-hydroxylation sites is 3. The van der Waals surface area contributed by atoms with Crippen LogP contribution in [0.15, 0.2) is 199 Å². The Morgan fingerprint density at radius 3 is 1.87 bits per heavy atom. The van der Waals surface area contributed by atoms with Gasteiger partial charge in [-0.15, -0.1) is 0 Å². The first-order valence-electron chi connectivity index (χ1n) is 26.0. The third-order valence-electron chi connectivity index (χ3n) is 19.2. The molecule has 4 unspecified atom stereocenters. The van der Waals surface area contributed by atoms with E-state index < -0.39 is 0 Å². The normalized spacial score (nSPS) is 24.7. The minimum atomic E-state index is 0.205. The molecule has 4 atom stereocenters. The van der Waals surface area contributed by atoms with Crippen LogP contribution in [0.3, 0.4) is 0 Å². The van der Waals surface area contributed by atoms with Gasteiger partial charge in [0.25, 0.3) is 0 Å². The molecule has 0 radical (unpaired) electrons. The van der Waals surface area contributed by atoms with E-state index >= 15 is 0 Å². The second kappa shape index (κ2) is 14.2. The fraction of sp³-hybridized carbons (Fsp3) is 0.224. The van der Waals surface area contributed by atoms with Crippen LogP contribution in [0.1, 0.15) is 74.0 Å². The summed E-state index contributed by atoms with van der Waals surface area (Å²) in [6.45, 7) is 0. The standard InChI is InChI=1S/C67H53NO/c1-2-13-42(14-3-1)50-20-10-15-44-16-11-22-56(64(44)50)54-18-5-8-25-60(54)68(49-34-29-43(30-35-49)51-21-12-23-57-55-19-6-9-26-61(55)69-65(51)57)48-32-27-41(28-33-48)45-31-36-53-52-17-4-7-24-58(52)67(59(53)37-45)62-39-46-38-47-40-63(67)66(46,47)62/h4-12,15-37,42,46-47,62-63H,1-3,13-14,38-40H2. The van der Waals surface area contributed by atoms with E-state index in [9.17, 15) is 0 Å². The molecule has 69 heavy (non-hydrogen) atoms. The summed E-state index contributed by atoms with van der Waals surface area (Å²) in [5.74, 6) is 4.22. The highest BCUT2D eigenvalue weighted by molar-refractivity contribution is 6.10. The number of nitrogens with zero attached hydrogens (tertiary/aromatic N) is 1. The van der Waals surface area contributed by atoms with Gasteiger partial charge in [0.15, 0.2) is 0 Å². The molecule has 0 bridgehead atoms. The molecule has 0 aliphatic heterocycles. The predicted octanol–water partition coefficient (Wildman–Crippen LogP) is 18.2. The molecule has 16 rings (SSSR count). The van der Waals surface area contributed by atoms with Crippen molar-refractivity contribution in [3.63, 3.8) is 0 Å². The molecule has 1 aromatic heterocycles. The molecule has 1 heterocycles. The SMILES string of the molecule is c1ccc(N(c2ccc(-c3ccc4c(c3)C3(c5ccccc5-4)C4CC5CC6CC3C564)cc2)c2ccc(-c3cccc4c3oc3ccccc34)cc2)c(-c2cccc3cccc(C4CCCCC4)c23)c1. The molecule has 9 aromatic carbocycles. The fourth-order valence-corrected chi connectivity index (χ4v) is 16.4. The van der Waals surface area contributed by atoms with Gasteiger partial charge in [-0.2, -0.15) is 0 Å².